The monoisotopic (exact) mass is 271 g/mol. The predicted molar refractivity (Wildman–Crippen MR) is 75.4 cm³/mol. The molecule has 0 saturated carbocycles. The van der Waals surface area contributed by atoms with Gasteiger partial charge in [-0.25, -0.2) is 0 Å². The van der Waals surface area contributed by atoms with E-state index < -0.39 is 0 Å². The number of methoxy groups -OCH3 is 1. The van der Waals surface area contributed by atoms with Gasteiger partial charge in [-0.05, 0) is 24.5 Å². The minimum Gasteiger partial charge on any atom is -0.492 e. The first-order chi connectivity index (χ1) is 8.69. The standard InChI is InChI=1S/C14H22ClNO2/c1-3-12(16)10-11-6-4-7-13(15)14(11)18-9-5-8-17-2/h4,6-7,12H,3,5,8-10,16H2,1-2H3. The fraction of sp³-hybridized carbons (Fsp3) is 0.571. The summed E-state index contributed by atoms with van der Waals surface area (Å²) in [5.74, 6) is 0.763. The van der Waals surface area contributed by atoms with Gasteiger partial charge in [0, 0.05) is 26.2 Å². The maximum absolute atomic E-state index is 6.17. The van der Waals surface area contributed by atoms with Crippen LogP contribution in [0.2, 0.25) is 5.02 Å². The molecule has 0 saturated heterocycles. The first-order valence-electron chi connectivity index (χ1n) is 6.33. The molecule has 0 heterocycles. The molecule has 0 bridgehead atoms. The van der Waals surface area contributed by atoms with E-state index in [2.05, 4.69) is 6.92 Å². The number of hydrogen-bond donors (Lipinski definition) is 1. The van der Waals surface area contributed by atoms with Gasteiger partial charge in [0.1, 0.15) is 5.75 Å². The third-order valence-electron chi connectivity index (χ3n) is 2.79. The molecule has 3 nitrogen and oxygen atoms in total. The Balaban J connectivity index is 2.67. The van der Waals surface area contributed by atoms with Crippen molar-refractivity contribution in [3.63, 3.8) is 0 Å². The van der Waals surface area contributed by atoms with E-state index >= 15 is 0 Å². The van der Waals surface area contributed by atoms with Gasteiger partial charge in [0.25, 0.3) is 0 Å². The maximum atomic E-state index is 6.17. The van der Waals surface area contributed by atoms with Crippen LogP contribution in [0.5, 0.6) is 5.75 Å². The van der Waals surface area contributed by atoms with Crippen LogP contribution in [0.25, 0.3) is 0 Å². The second-order valence-electron chi connectivity index (χ2n) is 4.30. The Hall–Kier alpha value is -0.770. The summed E-state index contributed by atoms with van der Waals surface area (Å²) in [5.41, 5.74) is 7.06. The Morgan fingerprint density at radius 2 is 2.11 bits per heavy atom. The third kappa shape index (κ3) is 4.84. The third-order valence-corrected chi connectivity index (χ3v) is 3.09. The first-order valence-corrected chi connectivity index (χ1v) is 6.71. The van der Waals surface area contributed by atoms with Crippen molar-refractivity contribution in [1.29, 1.82) is 0 Å². The van der Waals surface area contributed by atoms with E-state index in [0.29, 0.717) is 18.2 Å². The number of halogens is 1. The quantitative estimate of drug-likeness (QED) is 0.739. The Morgan fingerprint density at radius 3 is 2.78 bits per heavy atom. The number of benzene rings is 1. The summed E-state index contributed by atoms with van der Waals surface area (Å²) >= 11 is 6.17. The van der Waals surface area contributed by atoms with Gasteiger partial charge in [-0.15, -0.1) is 0 Å². The largest absolute Gasteiger partial charge is 0.492 e. The lowest BCUT2D eigenvalue weighted by Gasteiger charge is -2.15. The van der Waals surface area contributed by atoms with Gasteiger partial charge in [0.2, 0.25) is 0 Å². The van der Waals surface area contributed by atoms with Crippen molar-refractivity contribution in [3.8, 4) is 5.75 Å². The maximum Gasteiger partial charge on any atom is 0.141 e. The molecule has 0 aliphatic carbocycles. The topological polar surface area (TPSA) is 44.5 Å². The van der Waals surface area contributed by atoms with Crippen LogP contribution in [-0.4, -0.2) is 26.4 Å². The smallest absolute Gasteiger partial charge is 0.141 e. The van der Waals surface area contributed by atoms with Crippen LogP contribution in [0.15, 0.2) is 18.2 Å². The zero-order valence-electron chi connectivity index (χ0n) is 11.1. The highest BCUT2D eigenvalue weighted by Gasteiger charge is 2.11. The van der Waals surface area contributed by atoms with E-state index in [1.165, 1.54) is 0 Å². The summed E-state index contributed by atoms with van der Waals surface area (Å²) in [6.45, 7) is 3.37. The van der Waals surface area contributed by atoms with E-state index in [1.54, 1.807) is 7.11 Å². The summed E-state index contributed by atoms with van der Waals surface area (Å²) in [7, 11) is 1.68. The minimum atomic E-state index is 0.143. The minimum absolute atomic E-state index is 0.143. The first kappa shape index (κ1) is 15.3. The fourth-order valence-electron chi connectivity index (χ4n) is 1.68. The highest BCUT2D eigenvalue weighted by molar-refractivity contribution is 6.32. The Kier molecular flexibility index (Phi) is 7.09. The van der Waals surface area contributed by atoms with Crippen LogP contribution in [0.1, 0.15) is 25.3 Å². The van der Waals surface area contributed by atoms with Gasteiger partial charge < -0.3 is 15.2 Å². The lowest BCUT2D eigenvalue weighted by Crippen LogP contribution is -2.21. The predicted octanol–water partition coefficient (Wildman–Crippen LogP) is 3.04. The molecule has 1 rings (SSSR count). The van der Waals surface area contributed by atoms with E-state index in [4.69, 9.17) is 26.8 Å². The molecule has 1 unspecified atom stereocenters. The van der Waals surface area contributed by atoms with E-state index in [1.807, 2.05) is 18.2 Å². The summed E-state index contributed by atoms with van der Waals surface area (Å²) in [6, 6.07) is 5.94. The molecular weight excluding hydrogens is 250 g/mol. The molecule has 2 N–H and O–H groups in total. The number of nitrogens with two attached hydrogens (primary N) is 1. The van der Waals surface area contributed by atoms with Crippen LogP contribution in [-0.2, 0) is 11.2 Å². The van der Waals surface area contributed by atoms with Crippen molar-refractivity contribution >= 4 is 11.6 Å². The average molecular weight is 272 g/mol. The molecule has 0 amide bonds. The summed E-state index contributed by atoms with van der Waals surface area (Å²) < 4.78 is 10.7. The molecule has 1 aromatic rings. The molecule has 0 radical (unpaired) electrons. The van der Waals surface area contributed by atoms with Crippen molar-refractivity contribution in [2.24, 2.45) is 5.73 Å². The Labute approximate surface area is 114 Å². The molecule has 4 heteroatoms. The molecule has 1 aromatic carbocycles. The number of para-hydroxylation sites is 1. The second kappa shape index (κ2) is 8.35. The normalized spacial score (nSPS) is 12.4. The fourth-order valence-corrected chi connectivity index (χ4v) is 1.93. The number of ether oxygens (including phenoxy) is 2. The van der Waals surface area contributed by atoms with E-state index in [9.17, 15) is 0 Å². The number of rotatable bonds is 8. The summed E-state index contributed by atoms with van der Waals surface area (Å²) in [5, 5.41) is 0.646. The average Bonchev–Trinajstić information content (AvgIpc) is 2.37. The molecule has 18 heavy (non-hydrogen) atoms. The lowest BCUT2D eigenvalue weighted by atomic mass is 10.0. The Morgan fingerprint density at radius 1 is 1.33 bits per heavy atom. The molecule has 1 atom stereocenters. The second-order valence-corrected chi connectivity index (χ2v) is 4.70. The lowest BCUT2D eigenvalue weighted by molar-refractivity contribution is 0.172. The van der Waals surface area contributed by atoms with Crippen LogP contribution < -0.4 is 10.5 Å². The molecule has 0 aliphatic heterocycles. The van der Waals surface area contributed by atoms with Crippen LogP contribution in [0, 0.1) is 0 Å². The SMILES string of the molecule is CCC(N)Cc1cccc(Cl)c1OCCCOC. The zero-order chi connectivity index (χ0) is 13.4. The molecule has 102 valence electrons. The highest BCUT2D eigenvalue weighted by Crippen LogP contribution is 2.29. The molecular formula is C14H22ClNO2. The highest BCUT2D eigenvalue weighted by atomic mass is 35.5. The molecule has 0 spiro atoms. The van der Waals surface area contributed by atoms with Gasteiger partial charge in [-0.3, -0.25) is 0 Å². The van der Waals surface area contributed by atoms with E-state index in [-0.39, 0.29) is 6.04 Å². The van der Waals surface area contributed by atoms with Crippen molar-refractivity contribution in [2.75, 3.05) is 20.3 Å². The number of hydrogen-bond acceptors (Lipinski definition) is 3. The van der Waals surface area contributed by atoms with Crippen LogP contribution in [0.4, 0.5) is 0 Å². The van der Waals surface area contributed by atoms with Crippen molar-refractivity contribution in [1.82, 2.24) is 0 Å². The molecule has 0 aromatic heterocycles. The van der Waals surface area contributed by atoms with E-state index in [0.717, 1.165) is 30.6 Å². The van der Waals surface area contributed by atoms with Crippen molar-refractivity contribution < 1.29 is 9.47 Å². The van der Waals surface area contributed by atoms with Crippen LogP contribution in [0.3, 0.4) is 0 Å². The Bertz CT molecular complexity index is 358. The van der Waals surface area contributed by atoms with Gasteiger partial charge in [0.05, 0.1) is 11.6 Å². The van der Waals surface area contributed by atoms with Gasteiger partial charge in [-0.2, -0.15) is 0 Å². The summed E-state index contributed by atoms with van der Waals surface area (Å²) in [4.78, 5) is 0. The zero-order valence-corrected chi connectivity index (χ0v) is 11.9. The molecule has 0 fully saturated rings. The summed E-state index contributed by atoms with van der Waals surface area (Å²) in [6.07, 6.45) is 2.58. The van der Waals surface area contributed by atoms with Gasteiger partial charge >= 0.3 is 0 Å². The van der Waals surface area contributed by atoms with Crippen molar-refractivity contribution in [3.05, 3.63) is 28.8 Å². The van der Waals surface area contributed by atoms with Crippen molar-refractivity contribution in [2.45, 2.75) is 32.2 Å². The van der Waals surface area contributed by atoms with Gasteiger partial charge in [-0.1, -0.05) is 30.7 Å². The van der Waals surface area contributed by atoms with Gasteiger partial charge in [0.15, 0.2) is 0 Å². The van der Waals surface area contributed by atoms with Crippen LogP contribution >= 0.6 is 11.6 Å². The molecule has 0 aliphatic rings.